The third-order valence-corrected chi connectivity index (χ3v) is 3.77. The van der Waals surface area contributed by atoms with Crippen LogP contribution in [0.4, 0.5) is 9.18 Å². The number of hydrogen-bond donors (Lipinski definition) is 3. The first-order chi connectivity index (χ1) is 10.1. The summed E-state index contributed by atoms with van der Waals surface area (Å²) < 4.78 is 13.4. The van der Waals surface area contributed by atoms with Gasteiger partial charge in [0.25, 0.3) is 0 Å². The number of hydrogen-bond acceptors (Lipinski definition) is 3. The summed E-state index contributed by atoms with van der Waals surface area (Å²) in [6.45, 7) is 2.05. The van der Waals surface area contributed by atoms with Crippen LogP contribution in [-0.2, 0) is 6.54 Å². The maximum Gasteiger partial charge on any atom is 0.315 e. The van der Waals surface area contributed by atoms with E-state index in [0.717, 1.165) is 5.56 Å². The summed E-state index contributed by atoms with van der Waals surface area (Å²) >= 11 is 1.49. The van der Waals surface area contributed by atoms with E-state index in [1.165, 1.54) is 17.4 Å². The first-order valence-corrected chi connectivity index (χ1v) is 7.47. The number of rotatable bonds is 5. The summed E-state index contributed by atoms with van der Waals surface area (Å²) in [5.74, 6) is -0.289. The molecule has 2 aromatic rings. The molecule has 1 aromatic carbocycles. The van der Waals surface area contributed by atoms with Gasteiger partial charge in [0.2, 0.25) is 0 Å². The Kier molecular flexibility index (Phi) is 5.30. The molecule has 6 heteroatoms. The molecule has 0 radical (unpaired) electrons. The molecular weight excluding hydrogens is 291 g/mol. The zero-order valence-electron chi connectivity index (χ0n) is 11.6. The first kappa shape index (κ1) is 15.5. The summed E-state index contributed by atoms with van der Waals surface area (Å²) in [6.07, 6.45) is -0.723. The van der Waals surface area contributed by atoms with E-state index in [0.29, 0.717) is 11.1 Å². The fourth-order valence-electron chi connectivity index (χ4n) is 1.76. The van der Waals surface area contributed by atoms with Gasteiger partial charge in [0.1, 0.15) is 5.82 Å². The van der Waals surface area contributed by atoms with Crippen LogP contribution >= 0.6 is 11.3 Å². The second-order valence-electron chi connectivity index (χ2n) is 4.72. The van der Waals surface area contributed by atoms with Crippen LogP contribution in [0.5, 0.6) is 0 Å². The zero-order valence-corrected chi connectivity index (χ0v) is 12.4. The smallest absolute Gasteiger partial charge is 0.315 e. The molecule has 0 saturated carbocycles. The molecule has 1 atom stereocenters. The minimum atomic E-state index is -0.723. The van der Waals surface area contributed by atoms with Crippen LogP contribution in [-0.4, -0.2) is 17.7 Å². The van der Waals surface area contributed by atoms with E-state index in [4.69, 9.17) is 0 Å². The number of aliphatic hydroxyl groups is 1. The van der Waals surface area contributed by atoms with Crippen LogP contribution in [0.15, 0.2) is 35.0 Å². The molecule has 112 valence electrons. The maximum atomic E-state index is 13.4. The number of thiophene rings is 1. The lowest BCUT2D eigenvalue weighted by Crippen LogP contribution is -2.37. The highest BCUT2D eigenvalue weighted by Gasteiger charge is 2.09. The molecule has 0 aliphatic rings. The summed E-state index contributed by atoms with van der Waals surface area (Å²) in [6, 6.07) is 6.24. The second-order valence-corrected chi connectivity index (χ2v) is 5.50. The fourth-order valence-corrected chi connectivity index (χ4v) is 2.47. The highest BCUT2D eigenvalue weighted by Crippen LogP contribution is 2.15. The predicted octanol–water partition coefficient (Wildman–Crippen LogP) is 2.73. The van der Waals surface area contributed by atoms with Gasteiger partial charge in [0, 0.05) is 13.1 Å². The molecule has 0 saturated heterocycles. The van der Waals surface area contributed by atoms with E-state index >= 15 is 0 Å². The van der Waals surface area contributed by atoms with E-state index < -0.39 is 12.1 Å². The SMILES string of the molecule is Cc1ccc(CNC(=O)NCC(O)c2ccsc2)cc1F. The van der Waals surface area contributed by atoms with Gasteiger partial charge >= 0.3 is 6.03 Å². The first-order valence-electron chi connectivity index (χ1n) is 6.53. The van der Waals surface area contributed by atoms with Crippen molar-refractivity contribution in [1.29, 1.82) is 0 Å². The third kappa shape index (κ3) is 4.54. The Morgan fingerprint density at radius 3 is 2.86 bits per heavy atom. The van der Waals surface area contributed by atoms with Gasteiger partial charge in [-0.15, -0.1) is 0 Å². The molecule has 1 heterocycles. The molecule has 0 bridgehead atoms. The van der Waals surface area contributed by atoms with E-state index in [9.17, 15) is 14.3 Å². The average molecular weight is 308 g/mol. The molecule has 1 aromatic heterocycles. The molecule has 2 rings (SSSR count). The minimum Gasteiger partial charge on any atom is -0.387 e. The van der Waals surface area contributed by atoms with Crippen molar-refractivity contribution in [3.05, 3.63) is 57.5 Å². The largest absolute Gasteiger partial charge is 0.387 e. The number of aliphatic hydroxyl groups excluding tert-OH is 1. The second kappa shape index (κ2) is 7.19. The van der Waals surface area contributed by atoms with Crippen molar-refractivity contribution in [3.63, 3.8) is 0 Å². The van der Waals surface area contributed by atoms with Crippen molar-refractivity contribution in [3.8, 4) is 0 Å². The van der Waals surface area contributed by atoms with Gasteiger partial charge in [0.15, 0.2) is 0 Å². The molecular formula is C15H17FN2O2S. The summed E-state index contributed by atoms with van der Waals surface area (Å²) in [4.78, 5) is 11.6. The highest BCUT2D eigenvalue weighted by molar-refractivity contribution is 7.07. The Morgan fingerprint density at radius 1 is 1.38 bits per heavy atom. The van der Waals surface area contributed by atoms with Gasteiger partial charge < -0.3 is 15.7 Å². The number of halogens is 1. The maximum absolute atomic E-state index is 13.4. The number of aryl methyl sites for hydroxylation is 1. The predicted molar refractivity (Wildman–Crippen MR) is 80.7 cm³/mol. The van der Waals surface area contributed by atoms with E-state index in [1.807, 2.05) is 16.8 Å². The van der Waals surface area contributed by atoms with Gasteiger partial charge in [-0.25, -0.2) is 9.18 Å². The number of nitrogens with one attached hydrogen (secondary N) is 2. The topological polar surface area (TPSA) is 61.4 Å². The number of urea groups is 1. The Balaban J connectivity index is 1.75. The van der Waals surface area contributed by atoms with Gasteiger partial charge in [-0.2, -0.15) is 11.3 Å². The van der Waals surface area contributed by atoms with Gasteiger partial charge in [-0.3, -0.25) is 0 Å². The van der Waals surface area contributed by atoms with Crippen LogP contribution in [0.25, 0.3) is 0 Å². The van der Waals surface area contributed by atoms with Crippen molar-refractivity contribution >= 4 is 17.4 Å². The van der Waals surface area contributed by atoms with E-state index in [2.05, 4.69) is 10.6 Å². The van der Waals surface area contributed by atoms with Crippen molar-refractivity contribution in [2.45, 2.75) is 19.6 Å². The summed E-state index contributed by atoms with van der Waals surface area (Å²) in [5.41, 5.74) is 2.04. The summed E-state index contributed by atoms with van der Waals surface area (Å²) in [5, 5.41) is 18.7. The molecule has 0 aliphatic carbocycles. The molecule has 1 unspecified atom stereocenters. The van der Waals surface area contributed by atoms with Crippen molar-refractivity contribution in [2.75, 3.05) is 6.54 Å². The Labute approximate surface area is 126 Å². The van der Waals surface area contributed by atoms with Crippen molar-refractivity contribution in [1.82, 2.24) is 10.6 Å². The van der Waals surface area contributed by atoms with Gasteiger partial charge in [-0.1, -0.05) is 12.1 Å². The number of benzene rings is 1. The molecule has 4 nitrogen and oxygen atoms in total. The zero-order chi connectivity index (χ0) is 15.2. The van der Waals surface area contributed by atoms with Gasteiger partial charge in [0.05, 0.1) is 6.10 Å². The van der Waals surface area contributed by atoms with Crippen LogP contribution in [0, 0.1) is 12.7 Å². The van der Waals surface area contributed by atoms with Crippen LogP contribution in [0.1, 0.15) is 22.8 Å². The minimum absolute atomic E-state index is 0.130. The quantitative estimate of drug-likeness (QED) is 0.795. The molecule has 21 heavy (non-hydrogen) atoms. The van der Waals surface area contributed by atoms with Crippen LogP contribution < -0.4 is 10.6 Å². The molecule has 3 N–H and O–H groups in total. The third-order valence-electron chi connectivity index (χ3n) is 3.07. The van der Waals surface area contributed by atoms with E-state index in [1.54, 1.807) is 19.1 Å². The van der Waals surface area contributed by atoms with Crippen molar-refractivity contribution in [2.24, 2.45) is 0 Å². The van der Waals surface area contributed by atoms with Crippen LogP contribution in [0.2, 0.25) is 0 Å². The molecule has 0 fully saturated rings. The highest BCUT2D eigenvalue weighted by atomic mass is 32.1. The molecule has 0 spiro atoms. The van der Waals surface area contributed by atoms with Crippen molar-refractivity contribution < 1.29 is 14.3 Å². The van der Waals surface area contributed by atoms with Crippen LogP contribution in [0.3, 0.4) is 0 Å². The number of amides is 2. The lowest BCUT2D eigenvalue weighted by Gasteiger charge is -2.11. The number of carbonyl (C=O) groups is 1. The monoisotopic (exact) mass is 308 g/mol. The normalized spacial score (nSPS) is 12.0. The lowest BCUT2D eigenvalue weighted by atomic mass is 10.1. The lowest BCUT2D eigenvalue weighted by molar-refractivity contribution is 0.173. The Morgan fingerprint density at radius 2 is 2.19 bits per heavy atom. The molecule has 2 amide bonds. The average Bonchev–Trinajstić information content (AvgIpc) is 3.00. The Hall–Kier alpha value is -1.92. The standard InChI is InChI=1S/C15H17FN2O2S/c1-10-2-3-11(6-13(10)16)7-17-15(20)18-8-14(19)12-4-5-21-9-12/h2-6,9,14,19H,7-8H2,1H3,(H2,17,18,20). The number of carbonyl (C=O) groups excluding carboxylic acids is 1. The molecule has 0 aliphatic heterocycles. The summed E-state index contributed by atoms with van der Waals surface area (Å²) in [7, 11) is 0. The van der Waals surface area contributed by atoms with E-state index in [-0.39, 0.29) is 18.9 Å². The fraction of sp³-hybridized carbons (Fsp3) is 0.267. The Bertz CT molecular complexity index is 602. The van der Waals surface area contributed by atoms with Gasteiger partial charge in [-0.05, 0) is 46.5 Å².